The normalized spacial score (nSPS) is 35.8. The SMILES string of the molecule is CN(CCN1CCCC1)c1ccccc1OC1C2CC3CC(C2)CC1C3. The largest absolute Gasteiger partial charge is 0.488 e. The standard InChI is InChI=1S/C23H34N2O/c1-24(10-11-25-8-4-5-9-25)21-6-2-3-7-22(21)26-23-19-13-17-12-18(15-19)16-20(23)14-17/h2-3,6-7,17-20,23H,4-5,8-16H2,1H3. The van der Waals surface area contributed by atoms with Crippen molar-refractivity contribution < 1.29 is 4.74 Å². The average Bonchev–Trinajstić information content (AvgIpc) is 3.16. The van der Waals surface area contributed by atoms with Gasteiger partial charge in [-0.15, -0.1) is 0 Å². The minimum absolute atomic E-state index is 0.468. The molecule has 5 aliphatic rings. The summed E-state index contributed by atoms with van der Waals surface area (Å²) in [6, 6.07) is 8.75. The summed E-state index contributed by atoms with van der Waals surface area (Å²) in [5, 5.41) is 0. The third-order valence-corrected chi connectivity index (χ3v) is 7.63. The summed E-state index contributed by atoms with van der Waals surface area (Å²) in [4.78, 5) is 5.00. The molecule has 4 saturated carbocycles. The first-order valence-electron chi connectivity index (χ1n) is 11.0. The smallest absolute Gasteiger partial charge is 0.143 e. The zero-order valence-corrected chi connectivity index (χ0v) is 16.3. The van der Waals surface area contributed by atoms with E-state index in [0.29, 0.717) is 6.10 Å². The van der Waals surface area contributed by atoms with Gasteiger partial charge in [0.25, 0.3) is 0 Å². The molecule has 1 aromatic carbocycles. The van der Waals surface area contributed by atoms with Crippen LogP contribution >= 0.6 is 0 Å². The number of likely N-dealkylation sites (N-methyl/N-ethyl adjacent to an activating group) is 1. The molecule has 6 rings (SSSR count). The van der Waals surface area contributed by atoms with Crippen LogP contribution in [-0.4, -0.2) is 44.2 Å². The van der Waals surface area contributed by atoms with Gasteiger partial charge in [-0.2, -0.15) is 0 Å². The quantitative estimate of drug-likeness (QED) is 0.752. The number of ether oxygens (including phenoxy) is 1. The highest BCUT2D eigenvalue weighted by Gasteiger charge is 2.49. The second-order valence-corrected chi connectivity index (χ2v) is 9.45. The molecule has 0 unspecified atom stereocenters. The highest BCUT2D eigenvalue weighted by molar-refractivity contribution is 5.58. The summed E-state index contributed by atoms with van der Waals surface area (Å²) in [5.41, 5.74) is 1.28. The molecular formula is C23H34N2O. The summed E-state index contributed by atoms with van der Waals surface area (Å²) >= 11 is 0. The molecule has 142 valence electrons. The Morgan fingerprint density at radius 1 is 0.962 bits per heavy atom. The number of para-hydroxylation sites is 2. The van der Waals surface area contributed by atoms with E-state index < -0.39 is 0 Å². The number of benzene rings is 1. The van der Waals surface area contributed by atoms with Gasteiger partial charge >= 0.3 is 0 Å². The molecule has 5 fully saturated rings. The molecule has 0 amide bonds. The van der Waals surface area contributed by atoms with E-state index in [9.17, 15) is 0 Å². The first-order valence-corrected chi connectivity index (χ1v) is 11.0. The van der Waals surface area contributed by atoms with Crippen molar-refractivity contribution in [1.82, 2.24) is 4.90 Å². The molecule has 26 heavy (non-hydrogen) atoms. The average molecular weight is 355 g/mol. The highest BCUT2D eigenvalue weighted by Crippen LogP contribution is 2.55. The first kappa shape index (κ1) is 16.9. The van der Waals surface area contributed by atoms with E-state index in [-0.39, 0.29) is 0 Å². The van der Waals surface area contributed by atoms with Crippen LogP contribution in [-0.2, 0) is 0 Å². The molecular weight excluding hydrogens is 320 g/mol. The molecule has 1 aliphatic heterocycles. The molecule has 1 aromatic rings. The lowest BCUT2D eigenvalue weighted by molar-refractivity contribution is -0.0787. The van der Waals surface area contributed by atoms with Crippen molar-refractivity contribution in [2.45, 2.75) is 51.0 Å². The minimum atomic E-state index is 0.468. The van der Waals surface area contributed by atoms with Gasteiger partial charge in [-0.25, -0.2) is 0 Å². The van der Waals surface area contributed by atoms with Gasteiger partial charge in [0.05, 0.1) is 5.69 Å². The topological polar surface area (TPSA) is 15.7 Å². The fourth-order valence-electron chi connectivity index (χ4n) is 6.50. The van der Waals surface area contributed by atoms with Crippen molar-refractivity contribution in [3.63, 3.8) is 0 Å². The number of rotatable bonds is 6. The van der Waals surface area contributed by atoms with Crippen LogP contribution in [0.2, 0.25) is 0 Å². The van der Waals surface area contributed by atoms with Crippen LogP contribution in [0.3, 0.4) is 0 Å². The van der Waals surface area contributed by atoms with Crippen molar-refractivity contribution >= 4 is 5.69 Å². The zero-order chi connectivity index (χ0) is 17.5. The highest BCUT2D eigenvalue weighted by atomic mass is 16.5. The number of hydrogen-bond donors (Lipinski definition) is 0. The minimum Gasteiger partial charge on any atom is -0.488 e. The summed E-state index contributed by atoms with van der Waals surface area (Å²) in [7, 11) is 2.23. The van der Waals surface area contributed by atoms with Gasteiger partial charge in [0, 0.05) is 20.1 Å². The van der Waals surface area contributed by atoms with E-state index in [4.69, 9.17) is 4.74 Å². The number of anilines is 1. The molecule has 1 saturated heterocycles. The van der Waals surface area contributed by atoms with Gasteiger partial charge < -0.3 is 14.5 Å². The van der Waals surface area contributed by atoms with Gasteiger partial charge in [0.1, 0.15) is 11.9 Å². The van der Waals surface area contributed by atoms with Crippen LogP contribution in [0.15, 0.2) is 24.3 Å². The van der Waals surface area contributed by atoms with Crippen molar-refractivity contribution in [2.24, 2.45) is 23.7 Å². The lowest BCUT2D eigenvalue weighted by atomic mass is 9.55. The Balaban J connectivity index is 1.27. The predicted molar refractivity (Wildman–Crippen MR) is 107 cm³/mol. The Bertz CT molecular complexity index is 596. The summed E-state index contributed by atoms with van der Waals surface area (Å²) in [6.45, 7) is 4.81. The van der Waals surface area contributed by atoms with Crippen LogP contribution in [0.4, 0.5) is 5.69 Å². The maximum Gasteiger partial charge on any atom is 0.143 e. The Morgan fingerprint density at radius 3 is 2.31 bits per heavy atom. The van der Waals surface area contributed by atoms with E-state index >= 15 is 0 Å². The maximum absolute atomic E-state index is 6.76. The molecule has 4 bridgehead atoms. The summed E-state index contributed by atoms with van der Waals surface area (Å²) in [6.07, 6.45) is 10.4. The Hall–Kier alpha value is -1.22. The number of hydrogen-bond acceptors (Lipinski definition) is 3. The molecule has 0 atom stereocenters. The number of likely N-dealkylation sites (tertiary alicyclic amines) is 1. The van der Waals surface area contributed by atoms with Crippen LogP contribution in [0.5, 0.6) is 5.75 Å². The Kier molecular flexibility index (Phi) is 4.60. The van der Waals surface area contributed by atoms with Crippen molar-refractivity contribution in [2.75, 3.05) is 38.1 Å². The number of nitrogens with zero attached hydrogens (tertiary/aromatic N) is 2. The molecule has 4 aliphatic carbocycles. The van der Waals surface area contributed by atoms with E-state index in [1.165, 1.54) is 70.3 Å². The molecule has 0 N–H and O–H groups in total. The lowest BCUT2D eigenvalue weighted by Gasteiger charge is -2.53. The van der Waals surface area contributed by atoms with E-state index in [2.05, 4.69) is 41.1 Å². The maximum atomic E-state index is 6.76. The van der Waals surface area contributed by atoms with Gasteiger partial charge in [-0.1, -0.05) is 12.1 Å². The van der Waals surface area contributed by atoms with Gasteiger partial charge in [0.15, 0.2) is 0 Å². The van der Waals surface area contributed by atoms with Crippen LogP contribution in [0, 0.1) is 23.7 Å². The molecule has 0 spiro atoms. The van der Waals surface area contributed by atoms with E-state index in [1.54, 1.807) is 0 Å². The van der Waals surface area contributed by atoms with Crippen molar-refractivity contribution in [3.8, 4) is 5.75 Å². The Morgan fingerprint density at radius 2 is 1.62 bits per heavy atom. The molecule has 0 radical (unpaired) electrons. The van der Waals surface area contributed by atoms with Gasteiger partial charge in [-0.3, -0.25) is 0 Å². The second kappa shape index (κ2) is 7.07. The van der Waals surface area contributed by atoms with E-state index in [0.717, 1.165) is 36.0 Å². The third-order valence-electron chi connectivity index (χ3n) is 7.63. The van der Waals surface area contributed by atoms with E-state index in [1.807, 2.05) is 0 Å². The van der Waals surface area contributed by atoms with Crippen molar-refractivity contribution in [1.29, 1.82) is 0 Å². The second-order valence-electron chi connectivity index (χ2n) is 9.45. The van der Waals surface area contributed by atoms with Crippen molar-refractivity contribution in [3.05, 3.63) is 24.3 Å². The van der Waals surface area contributed by atoms with Crippen LogP contribution in [0.25, 0.3) is 0 Å². The van der Waals surface area contributed by atoms with Gasteiger partial charge in [-0.05, 0) is 93.8 Å². The molecule has 1 heterocycles. The fourth-order valence-corrected chi connectivity index (χ4v) is 6.50. The summed E-state index contributed by atoms with van der Waals surface area (Å²) in [5.74, 6) is 4.77. The molecule has 3 nitrogen and oxygen atoms in total. The van der Waals surface area contributed by atoms with Crippen LogP contribution in [0.1, 0.15) is 44.9 Å². The fraction of sp³-hybridized carbons (Fsp3) is 0.739. The zero-order valence-electron chi connectivity index (χ0n) is 16.3. The Labute approximate surface area is 158 Å². The summed E-state index contributed by atoms with van der Waals surface area (Å²) < 4.78 is 6.76. The molecule has 0 aromatic heterocycles. The first-order chi connectivity index (χ1) is 12.8. The third kappa shape index (κ3) is 3.24. The van der Waals surface area contributed by atoms with Gasteiger partial charge in [0.2, 0.25) is 0 Å². The predicted octanol–water partition coefficient (Wildman–Crippen LogP) is 4.42. The van der Waals surface area contributed by atoms with Crippen LogP contribution < -0.4 is 9.64 Å². The lowest BCUT2D eigenvalue weighted by Crippen LogP contribution is -2.50. The molecule has 3 heteroatoms. The monoisotopic (exact) mass is 354 g/mol.